The molecule has 6 heteroatoms. The fourth-order valence-electron chi connectivity index (χ4n) is 3.07. The second-order valence-electron chi connectivity index (χ2n) is 6.84. The minimum absolute atomic E-state index is 0.0935. The number of carbonyl (C=O) groups is 1. The number of rotatable bonds is 7. The van der Waals surface area contributed by atoms with E-state index in [1.165, 1.54) is 22.6 Å². The topological polar surface area (TPSA) is 35.6 Å². The first-order valence-electron chi connectivity index (χ1n) is 9.28. The molecule has 0 spiro atoms. The van der Waals surface area contributed by atoms with Gasteiger partial charge in [-0.1, -0.05) is 23.8 Å². The van der Waals surface area contributed by atoms with E-state index in [9.17, 15) is 9.18 Å². The molecule has 3 rings (SSSR count). The molecule has 0 saturated carbocycles. The smallest absolute Gasteiger partial charge is 0.238 e. The van der Waals surface area contributed by atoms with Gasteiger partial charge in [0.2, 0.25) is 5.91 Å². The molecule has 2 aromatic carbocycles. The van der Waals surface area contributed by atoms with E-state index < -0.39 is 0 Å². The number of aryl methyl sites for hydroxylation is 1. The summed E-state index contributed by atoms with van der Waals surface area (Å²) in [5, 5.41) is 2.76. The van der Waals surface area contributed by atoms with Crippen molar-refractivity contribution in [1.82, 2.24) is 9.80 Å². The van der Waals surface area contributed by atoms with Crippen LogP contribution >= 0.6 is 11.8 Å². The second kappa shape index (κ2) is 9.88. The van der Waals surface area contributed by atoms with Gasteiger partial charge >= 0.3 is 0 Å². The number of amides is 1. The summed E-state index contributed by atoms with van der Waals surface area (Å²) in [5.74, 6) is 0.636. The fourth-order valence-corrected chi connectivity index (χ4v) is 3.98. The van der Waals surface area contributed by atoms with Crippen molar-refractivity contribution >= 4 is 23.4 Å². The Balaban J connectivity index is 1.33. The Morgan fingerprint density at radius 2 is 1.78 bits per heavy atom. The van der Waals surface area contributed by atoms with Crippen molar-refractivity contribution in [3.8, 4) is 0 Å². The SMILES string of the molecule is Cc1ccc(SCCN2CCN(CC(=O)Nc3cccc(F)c3)CC2)cc1. The van der Waals surface area contributed by atoms with Gasteiger partial charge in [0.1, 0.15) is 5.82 Å². The number of anilines is 1. The monoisotopic (exact) mass is 387 g/mol. The molecule has 0 aromatic heterocycles. The van der Waals surface area contributed by atoms with Crippen LogP contribution in [0.3, 0.4) is 0 Å². The van der Waals surface area contributed by atoms with E-state index in [0.717, 1.165) is 38.5 Å². The third kappa shape index (κ3) is 6.65. The van der Waals surface area contributed by atoms with Gasteiger partial charge in [0, 0.05) is 49.1 Å². The van der Waals surface area contributed by atoms with Gasteiger partial charge in [-0.3, -0.25) is 14.6 Å². The number of hydrogen-bond acceptors (Lipinski definition) is 4. The Morgan fingerprint density at radius 1 is 1.07 bits per heavy atom. The van der Waals surface area contributed by atoms with E-state index in [0.29, 0.717) is 12.2 Å². The van der Waals surface area contributed by atoms with Gasteiger partial charge in [-0.15, -0.1) is 11.8 Å². The number of nitrogens with one attached hydrogen (secondary N) is 1. The molecule has 0 aliphatic carbocycles. The maximum absolute atomic E-state index is 13.2. The van der Waals surface area contributed by atoms with Crippen LogP contribution in [0.25, 0.3) is 0 Å². The van der Waals surface area contributed by atoms with Crippen molar-refractivity contribution in [3.05, 3.63) is 59.9 Å². The summed E-state index contributed by atoms with van der Waals surface area (Å²) < 4.78 is 13.2. The zero-order valence-corrected chi connectivity index (χ0v) is 16.5. The molecule has 1 N–H and O–H groups in total. The molecule has 0 bridgehead atoms. The molecular weight excluding hydrogens is 361 g/mol. The van der Waals surface area contributed by atoms with Crippen molar-refractivity contribution in [2.24, 2.45) is 0 Å². The molecule has 2 aromatic rings. The number of thioether (sulfide) groups is 1. The molecule has 1 aliphatic rings. The predicted octanol–water partition coefficient (Wildman–Crippen LogP) is 3.48. The lowest BCUT2D eigenvalue weighted by Gasteiger charge is -2.34. The molecule has 0 atom stereocenters. The van der Waals surface area contributed by atoms with Crippen LogP contribution in [0, 0.1) is 12.7 Å². The Morgan fingerprint density at radius 3 is 2.48 bits per heavy atom. The lowest BCUT2D eigenvalue weighted by Crippen LogP contribution is -2.49. The Kier molecular flexibility index (Phi) is 7.26. The highest BCUT2D eigenvalue weighted by Gasteiger charge is 2.18. The number of halogens is 1. The number of benzene rings is 2. The van der Waals surface area contributed by atoms with E-state index in [1.54, 1.807) is 12.1 Å². The van der Waals surface area contributed by atoms with Crippen LogP contribution in [-0.2, 0) is 4.79 Å². The summed E-state index contributed by atoms with van der Waals surface area (Å²) in [5.41, 5.74) is 1.80. The van der Waals surface area contributed by atoms with Gasteiger partial charge in [-0.05, 0) is 37.3 Å². The Labute approximate surface area is 164 Å². The van der Waals surface area contributed by atoms with Gasteiger partial charge in [-0.25, -0.2) is 4.39 Å². The maximum atomic E-state index is 13.2. The van der Waals surface area contributed by atoms with Crippen LogP contribution in [0.15, 0.2) is 53.4 Å². The minimum Gasteiger partial charge on any atom is -0.325 e. The van der Waals surface area contributed by atoms with Crippen molar-refractivity contribution in [1.29, 1.82) is 0 Å². The van der Waals surface area contributed by atoms with Crippen LogP contribution in [0.4, 0.5) is 10.1 Å². The molecule has 1 amide bonds. The predicted molar refractivity (Wildman–Crippen MR) is 110 cm³/mol. The third-order valence-electron chi connectivity index (χ3n) is 4.64. The number of hydrogen-bond donors (Lipinski definition) is 1. The largest absolute Gasteiger partial charge is 0.325 e. The molecule has 27 heavy (non-hydrogen) atoms. The maximum Gasteiger partial charge on any atom is 0.238 e. The average Bonchev–Trinajstić information content (AvgIpc) is 2.65. The highest BCUT2D eigenvalue weighted by molar-refractivity contribution is 7.99. The number of piperazine rings is 1. The van der Waals surface area contributed by atoms with Gasteiger partial charge in [0.05, 0.1) is 6.54 Å². The van der Waals surface area contributed by atoms with Gasteiger partial charge in [-0.2, -0.15) is 0 Å². The zero-order chi connectivity index (χ0) is 19.1. The normalized spacial score (nSPS) is 15.6. The van der Waals surface area contributed by atoms with Crippen molar-refractivity contribution in [2.45, 2.75) is 11.8 Å². The molecule has 0 radical (unpaired) electrons. The lowest BCUT2D eigenvalue weighted by molar-refractivity contribution is -0.117. The Hall–Kier alpha value is -1.89. The van der Waals surface area contributed by atoms with E-state index >= 15 is 0 Å². The quantitative estimate of drug-likeness (QED) is 0.738. The van der Waals surface area contributed by atoms with E-state index in [2.05, 4.69) is 46.3 Å². The first-order chi connectivity index (χ1) is 13.1. The van der Waals surface area contributed by atoms with Crippen LogP contribution < -0.4 is 5.32 Å². The summed E-state index contributed by atoms with van der Waals surface area (Å²) in [6.07, 6.45) is 0. The molecular formula is C21H26FN3OS. The summed E-state index contributed by atoms with van der Waals surface area (Å²) in [6.45, 7) is 7.22. The Bertz CT molecular complexity index is 745. The van der Waals surface area contributed by atoms with E-state index in [-0.39, 0.29) is 11.7 Å². The molecule has 4 nitrogen and oxygen atoms in total. The molecule has 0 unspecified atom stereocenters. The standard InChI is InChI=1S/C21H26FN3OS/c1-17-5-7-20(8-6-17)27-14-13-24-9-11-25(12-10-24)16-21(26)23-19-4-2-3-18(22)15-19/h2-8,15H,9-14,16H2,1H3,(H,23,26). The molecule has 1 heterocycles. The summed E-state index contributed by atoms with van der Waals surface area (Å²) >= 11 is 1.89. The number of nitrogens with zero attached hydrogens (tertiary/aromatic N) is 2. The van der Waals surface area contributed by atoms with E-state index in [1.807, 2.05) is 11.8 Å². The highest BCUT2D eigenvalue weighted by atomic mass is 32.2. The molecule has 1 fully saturated rings. The van der Waals surface area contributed by atoms with Crippen molar-refractivity contribution in [3.63, 3.8) is 0 Å². The van der Waals surface area contributed by atoms with Crippen molar-refractivity contribution < 1.29 is 9.18 Å². The van der Waals surface area contributed by atoms with Crippen molar-refractivity contribution in [2.75, 3.05) is 50.3 Å². The van der Waals surface area contributed by atoms with Crippen LogP contribution in [0.5, 0.6) is 0 Å². The molecule has 1 saturated heterocycles. The second-order valence-corrected chi connectivity index (χ2v) is 8.01. The average molecular weight is 388 g/mol. The molecule has 1 aliphatic heterocycles. The van der Waals surface area contributed by atoms with Gasteiger partial charge in [0.25, 0.3) is 0 Å². The van der Waals surface area contributed by atoms with Crippen LogP contribution in [0.2, 0.25) is 0 Å². The van der Waals surface area contributed by atoms with Gasteiger partial charge < -0.3 is 5.32 Å². The van der Waals surface area contributed by atoms with Crippen LogP contribution in [-0.4, -0.2) is 60.7 Å². The minimum atomic E-state index is -0.343. The zero-order valence-electron chi connectivity index (χ0n) is 15.7. The summed E-state index contributed by atoms with van der Waals surface area (Å²) in [6, 6.07) is 14.6. The first-order valence-corrected chi connectivity index (χ1v) is 10.3. The number of carbonyl (C=O) groups excluding carboxylic acids is 1. The third-order valence-corrected chi connectivity index (χ3v) is 5.63. The summed E-state index contributed by atoms with van der Waals surface area (Å²) in [4.78, 5) is 18.0. The highest BCUT2D eigenvalue weighted by Crippen LogP contribution is 2.18. The summed E-state index contributed by atoms with van der Waals surface area (Å²) in [7, 11) is 0. The van der Waals surface area contributed by atoms with Gasteiger partial charge in [0.15, 0.2) is 0 Å². The van der Waals surface area contributed by atoms with Crippen LogP contribution in [0.1, 0.15) is 5.56 Å². The fraction of sp³-hybridized carbons (Fsp3) is 0.381. The van der Waals surface area contributed by atoms with E-state index in [4.69, 9.17) is 0 Å². The first kappa shape index (κ1) is 19.9. The lowest BCUT2D eigenvalue weighted by atomic mass is 10.2. The molecule has 144 valence electrons.